The number of nitrogens with zero attached hydrogens (tertiary/aromatic N) is 4. The second-order valence-corrected chi connectivity index (χ2v) is 11.0. The number of rotatable bonds is 8. The highest BCUT2D eigenvalue weighted by molar-refractivity contribution is 7.92. The Balaban J connectivity index is 2.08. The van der Waals surface area contributed by atoms with Crippen LogP contribution in [0.25, 0.3) is 32.7 Å². The van der Waals surface area contributed by atoms with Crippen molar-refractivity contribution in [3.05, 3.63) is 30.3 Å². The van der Waals surface area contributed by atoms with E-state index in [1.165, 1.54) is 24.5 Å². The molecule has 0 aliphatic rings. The van der Waals surface area contributed by atoms with Crippen LogP contribution in [0.3, 0.4) is 0 Å². The summed E-state index contributed by atoms with van der Waals surface area (Å²) in [6.45, 7) is -0.00457. The van der Waals surface area contributed by atoms with Crippen molar-refractivity contribution in [3.8, 4) is 22.5 Å². The van der Waals surface area contributed by atoms with Gasteiger partial charge in [-0.15, -0.1) is 5.10 Å². The lowest BCUT2D eigenvalue weighted by atomic mass is 9.98. The molecule has 2 aromatic heterocycles. The Labute approximate surface area is 192 Å². The van der Waals surface area contributed by atoms with Crippen LogP contribution >= 0.6 is 11.3 Å². The third kappa shape index (κ3) is 4.43. The minimum absolute atomic E-state index is 0.0775. The molecule has 0 saturated carbocycles. The van der Waals surface area contributed by atoms with Crippen LogP contribution in [0.2, 0.25) is 0 Å². The molecule has 16 heteroatoms. The molecule has 0 bridgehead atoms. The summed E-state index contributed by atoms with van der Waals surface area (Å²) in [7, 11) is -7.49. The van der Waals surface area contributed by atoms with E-state index in [4.69, 9.17) is 15.6 Å². The summed E-state index contributed by atoms with van der Waals surface area (Å²) in [4.78, 5) is 3.12. The molecule has 6 N–H and O–H groups in total. The van der Waals surface area contributed by atoms with Crippen LogP contribution in [-0.2, 0) is 24.8 Å². The summed E-state index contributed by atoms with van der Waals surface area (Å²) < 4.78 is 59.4. The molecule has 13 nitrogen and oxygen atoms in total. The van der Waals surface area contributed by atoms with E-state index in [1.54, 1.807) is 12.1 Å². The Kier molecular flexibility index (Phi) is 6.12. The molecular weight excluding hydrogens is 492 g/mol. The number of primary sulfonamides is 1. The molecule has 2 heterocycles. The van der Waals surface area contributed by atoms with Gasteiger partial charge < -0.3 is 10.5 Å². The molecule has 0 radical (unpaired) electrons. The SMILES string of the molecule is COCCNS(=O)(=O)c1ccc(-c2cccc3sc(N)nc23)c(-c2nnn[nH]2)c1S(N)(=O)=O. The largest absolute Gasteiger partial charge is 0.383 e. The number of nitrogens with one attached hydrogen (secondary N) is 2. The number of aromatic amines is 1. The average molecular weight is 511 g/mol. The van der Waals surface area contributed by atoms with Crippen LogP contribution in [0, 0.1) is 0 Å². The van der Waals surface area contributed by atoms with Crippen molar-refractivity contribution in [1.29, 1.82) is 0 Å². The Morgan fingerprint density at radius 2 is 1.94 bits per heavy atom. The van der Waals surface area contributed by atoms with Gasteiger partial charge in [-0.3, -0.25) is 0 Å². The third-order valence-electron chi connectivity index (χ3n) is 4.60. The zero-order chi connectivity index (χ0) is 23.8. The first-order valence-electron chi connectivity index (χ1n) is 9.21. The highest BCUT2D eigenvalue weighted by Crippen LogP contribution is 2.41. The van der Waals surface area contributed by atoms with E-state index >= 15 is 0 Å². The van der Waals surface area contributed by atoms with Gasteiger partial charge in [0.2, 0.25) is 20.0 Å². The van der Waals surface area contributed by atoms with E-state index in [0.29, 0.717) is 21.8 Å². The molecule has 0 unspecified atom stereocenters. The van der Waals surface area contributed by atoms with Gasteiger partial charge in [0.15, 0.2) is 11.0 Å². The lowest BCUT2D eigenvalue weighted by Crippen LogP contribution is -2.29. The molecule has 4 aromatic rings. The first kappa shape index (κ1) is 23.1. The Bertz CT molecular complexity index is 1530. The molecule has 2 aromatic carbocycles. The summed E-state index contributed by atoms with van der Waals surface area (Å²) in [6.07, 6.45) is 0. The fourth-order valence-electron chi connectivity index (χ4n) is 3.32. The number of hydrogen-bond donors (Lipinski definition) is 4. The van der Waals surface area contributed by atoms with Gasteiger partial charge in [0.25, 0.3) is 0 Å². The van der Waals surface area contributed by atoms with Gasteiger partial charge >= 0.3 is 0 Å². The summed E-state index contributed by atoms with van der Waals surface area (Å²) in [6, 6.07) is 7.85. The zero-order valence-electron chi connectivity index (χ0n) is 17.0. The number of anilines is 1. The number of nitrogen functional groups attached to an aromatic ring is 1. The maximum absolute atomic E-state index is 13.0. The Hall–Kier alpha value is -3.02. The number of hydrogen-bond acceptors (Lipinski definition) is 11. The lowest BCUT2D eigenvalue weighted by Gasteiger charge is -2.17. The van der Waals surface area contributed by atoms with Crippen LogP contribution in [0.1, 0.15) is 0 Å². The van der Waals surface area contributed by atoms with Crippen LogP contribution in [0.15, 0.2) is 40.1 Å². The summed E-state index contributed by atoms with van der Waals surface area (Å²) in [5.41, 5.74) is 7.04. The van der Waals surface area contributed by atoms with Crippen LogP contribution in [0.5, 0.6) is 0 Å². The fourth-order valence-corrected chi connectivity index (χ4v) is 6.70. The lowest BCUT2D eigenvalue weighted by molar-refractivity contribution is 0.204. The number of fused-ring (bicyclic) bond motifs is 1. The van der Waals surface area contributed by atoms with Gasteiger partial charge in [-0.2, -0.15) is 0 Å². The van der Waals surface area contributed by atoms with Crippen molar-refractivity contribution in [3.63, 3.8) is 0 Å². The molecule has 0 fully saturated rings. The number of benzene rings is 2. The Morgan fingerprint density at radius 3 is 2.61 bits per heavy atom. The first-order chi connectivity index (χ1) is 15.6. The number of aromatic nitrogens is 5. The predicted octanol–water partition coefficient (Wildman–Crippen LogP) is 0.298. The molecule has 0 aliphatic carbocycles. The van der Waals surface area contributed by atoms with Crippen molar-refractivity contribution in [2.24, 2.45) is 5.14 Å². The number of ether oxygens (including phenoxy) is 1. The molecule has 4 rings (SSSR count). The van der Waals surface area contributed by atoms with E-state index < -0.39 is 29.8 Å². The van der Waals surface area contributed by atoms with Crippen molar-refractivity contribution < 1.29 is 21.6 Å². The van der Waals surface area contributed by atoms with E-state index in [1.807, 2.05) is 6.07 Å². The van der Waals surface area contributed by atoms with Gasteiger partial charge in [0, 0.05) is 19.2 Å². The number of thiazole rings is 1. The van der Waals surface area contributed by atoms with Crippen LogP contribution in [-0.4, -0.2) is 62.7 Å². The number of nitrogens with two attached hydrogens (primary N) is 2. The minimum atomic E-state index is -4.59. The van der Waals surface area contributed by atoms with Gasteiger partial charge in [0.1, 0.15) is 9.79 Å². The van der Waals surface area contributed by atoms with Crippen molar-refractivity contribution in [2.75, 3.05) is 26.0 Å². The number of methoxy groups -OCH3 is 1. The summed E-state index contributed by atoms with van der Waals surface area (Å²) >= 11 is 1.25. The van der Waals surface area contributed by atoms with E-state index in [2.05, 4.69) is 30.3 Å². The predicted molar refractivity (Wildman–Crippen MR) is 121 cm³/mol. The molecule has 0 amide bonds. The summed E-state index contributed by atoms with van der Waals surface area (Å²) in [5.74, 6) is -0.0943. The van der Waals surface area contributed by atoms with E-state index in [-0.39, 0.29) is 24.5 Å². The molecule has 0 spiro atoms. The van der Waals surface area contributed by atoms with Crippen molar-refractivity contribution >= 4 is 46.7 Å². The van der Waals surface area contributed by atoms with Crippen molar-refractivity contribution in [1.82, 2.24) is 30.3 Å². The smallest absolute Gasteiger partial charge is 0.242 e. The standard InChI is InChI=1S/C17H18N8O5S3/c1-30-8-7-20-33(28,29)12-6-5-9(10-3-2-4-11-14(10)21-17(18)31-11)13(15(12)32(19,26)27)16-22-24-25-23-16/h2-6,20H,7-8H2,1H3,(H2,18,21)(H2,19,26,27)(H,22,23,24,25). The quantitative estimate of drug-likeness (QED) is 0.238. The molecule has 174 valence electrons. The first-order valence-corrected chi connectivity index (χ1v) is 13.1. The fraction of sp³-hybridized carbons (Fsp3) is 0.176. The normalized spacial score (nSPS) is 12.4. The van der Waals surface area contributed by atoms with Gasteiger partial charge in [-0.1, -0.05) is 29.5 Å². The average Bonchev–Trinajstić information content (AvgIpc) is 3.40. The highest BCUT2D eigenvalue weighted by atomic mass is 32.2. The maximum Gasteiger partial charge on any atom is 0.242 e. The van der Waals surface area contributed by atoms with E-state index in [0.717, 1.165) is 10.8 Å². The topological polar surface area (TPSA) is 209 Å². The second kappa shape index (κ2) is 8.73. The second-order valence-electron chi connectivity index (χ2n) is 6.71. The minimum Gasteiger partial charge on any atom is -0.383 e. The van der Waals surface area contributed by atoms with Crippen molar-refractivity contribution in [2.45, 2.75) is 9.79 Å². The van der Waals surface area contributed by atoms with Gasteiger partial charge in [-0.25, -0.2) is 36.8 Å². The maximum atomic E-state index is 13.0. The summed E-state index contributed by atoms with van der Waals surface area (Å²) in [5, 5.41) is 19.1. The number of para-hydroxylation sites is 1. The zero-order valence-corrected chi connectivity index (χ0v) is 19.5. The van der Waals surface area contributed by atoms with Gasteiger partial charge in [0.05, 0.1) is 22.4 Å². The number of tetrazole rings is 1. The van der Waals surface area contributed by atoms with Gasteiger partial charge in [-0.05, 0) is 28.1 Å². The Morgan fingerprint density at radius 1 is 1.15 bits per heavy atom. The molecular formula is C17H18N8O5S3. The monoisotopic (exact) mass is 510 g/mol. The van der Waals surface area contributed by atoms with Crippen LogP contribution in [0.4, 0.5) is 5.13 Å². The number of sulfonamides is 2. The van der Waals surface area contributed by atoms with Crippen LogP contribution < -0.4 is 15.6 Å². The third-order valence-corrected chi connectivity index (χ3v) is 8.08. The molecule has 0 saturated heterocycles. The van der Waals surface area contributed by atoms with E-state index in [9.17, 15) is 16.8 Å². The number of H-pyrrole nitrogens is 1. The molecule has 0 aliphatic heterocycles. The highest BCUT2D eigenvalue weighted by Gasteiger charge is 2.32. The molecule has 0 atom stereocenters. The molecule has 33 heavy (non-hydrogen) atoms.